The van der Waals surface area contributed by atoms with E-state index in [1.165, 1.54) is 4.68 Å². The van der Waals surface area contributed by atoms with Gasteiger partial charge in [-0.3, -0.25) is 19.7 Å². The van der Waals surface area contributed by atoms with Crippen molar-refractivity contribution in [1.29, 1.82) is 0 Å². The third-order valence-corrected chi connectivity index (χ3v) is 5.33. The van der Waals surface area contributed by atoms with Crippen LogP contribution in [0.2, 0.25) is 0 Å². The van der Waals surface area contributed by atoms with E-state index in [0.29, 0.717) is 17.9 Å². The molecule has 1 aliphatic carbocycles. The van der Waals surface area contributed by atoms with Crippen molar-refractivity contribution in [2.75, 3.05) is 5.32 Å². The van der Waals surface area contributed by atoms with E-state index in [9.17, 15) is 14.4 Å². The maximum Gasteiger partial charge on any atom is 0.314 e. The summed E-state index contributed by atoms with van der Waals surface area (Å²) in [5.41, 5.74) is 0.545. The Labute approximate surface area is 165 Å². The second-order valence-electron chi connectivity index (χ2n) is 8.78. The van der Waals surface area contributed by atoms with Crippen LogP contribution in [-0.4, -0.2) is 39.6 Å². The first-order valence-corrected chi connectivity index (χ1v) is 9.87. The molecule has 2 atom stereocenters. The molecule has 2 aliphatic rings. The molecule has 1 aliphatic heterocycles. The number of aromatic nitrogens is 2. The van der Waals surface area contributed by atoms with Gasteiger partial charge in [0.1, 0.15) is 5.82 Å². The molecule has 2 unspecified atom stereocenters. The van der Waals surface area contributed by atoms with Gasteiger partial charge in [0.2, 0.25) is 5.91 Å². The topological polar surface area (TPSA) is 117 Å². The molecule has 0 spiro atoms. The zero-order valence-electron chi connectivity index (χ0n) is 17.0. The Hall–Kier alpha value is -2.42. The number of hydrogen-bond donors (Lipinski definition) is 4. The van der Waals surface area contributed by atoms with Crippen LogP contribution >= 0.6 is 0 Å². The first-order valence-electron chi connectivity index (χ1n) is 9.87. The number of anilines is 1. The van der Waals surface area contributed by atoms with E-state index in [1.807, 2.05) is 0 Å². The second kappa shape index (κ2) is 7.90. The predicted molar refractivity (Wildman–Crippen MR) is 104 cm³/mol. The Bertz CT molecular complexity index is 760. The molecule has 2 fully saturated rings. The highest BCUT2D eigenvalue weighted by atomic mass is 16.2. The highest BCUT2D eigenvalue weighted by Crippen LogP contribution is 2.27. The Morgan fingerprint density at radius 3 is 2.54 bits per heavy atom. The first-order chi connectivity index (χ1) is 13.1. The molecular formula is C19H30N6O3. The fourth-order valence-corrected chi connectivity index (χ4v) is 3.68. The number of hydrogen-bond acceptors (Lipinski definition) is 5. The Morgan fingerprint density at radius 1 is 1.21 bits per heavy atom. The lowest BCUT2D eigenvalue weighted by Crippen LogP contribution is -2.57. The van der Waals surface area contributed by atoms with Crippen LogP contribution < -0.4 is 21.3 Å². The number of amides is 3. The van der Waals surface area contributed by atoms with Crippen molar-refractivity contribution in [3.8, 4) is 0 Å². The number of aryl methyl sites for hydroxylation is 1. The quantitative estimate of drug-likeness (QED) is 0.578. The molecule has 0 bridgehead atoms. The molecule has 1 aromatic rings. The fourth-order valence-electron chi connectivity index (χ4n) is 3.68. The van der Waals surface area contributed by atoms with Crippen molar-refractivity contribution in [3.05, 3.63) is 11.8 Å². The summed E-state index contributed by atoms with van der Waals surface area (Å²) < 4.78 is 1.51. The summed E-state index contributed by atoms with van der Waals surface area (Å²) >= 11 is 0. The van der Waals surface area contributed by atoms with E-state index in [4.69, 9.17) is 0 Å². The zero-order chi connectivity index (χ0) is 20.5. The van der Waals surface area contributed by atoms with Crippen LogP contribution in [0.4, 0.5) is 5.82 Å². The van der Waals surface area contributed by atoms with Crippen LogP contribution in [0.3, 0.4) is 0 Å². The van der Waals surface area contributed by atoms with Crippen molar-refractivity contribution in [3.63, 3.8) is 0 Å². The van der Waals surface area contributed by atoms with E-state index in [2.05, 4.69) is 47.1 Å². The number of rotatable bonds is 3. The molecule has 9 heteroatoms. The first kappa shape index (κ1) is 20.3. The standard InChI is InChI=1S/C19H30N6O3/c1-11-9-14(22-17(28)16(27)20-12-7-5-6-8-12)25(24-11)18-21-13(19(2,3)4)10-15(26)23-18/h9,12-13,18,21H,5-8,10H2,1-4H3,(H,20,27)(H,22,28)(H,23,26). The van der Waals surface area contributed by atoms with Crippen molar-refractivity contribution >= 4 is 23.5 Å². The number of carbonyl (C=O) groups is 3. The van der Waals surface area contributed by atoms with Gasteiger partial charge in [-0.15, -0.1) is 0 Å². The summed E-state index contributed by atoms with van der Waals surface area (Å²) in [6, 6.07) is 1.69. The number of nitrogens with one attached hydrogen (secondary N) is 4. The molecule has 154 valence electrons. The smallest absolute Gasteiger partial charge is 0.314 e. The van der Waals surface area contributed by atoms with Crippen LogP contribution in [0.1, 0.15) is 64.9 Å². The molecule has 1 saturated heterocycles. The van der Waals surface area contributed by atoms with E-state index in [-0.39, 0.29) is 23.4 Å². The average molecular weight is 390 g/mol. The molecule has 2 heterocycles. The van der Waals surface area contributed by atoms with Gasteiger partial charge in [0, 0.05) is 24.6 Å². The Morgan fingerprint density at radius 2 is 1.89 bits per heavy atom. The SMILES string of the molecule is Cc1cc(NC(=O)C(=O)NC2CCCC2)n(C2NC(=O)CC(C(C)(C)C)N2)n1. The molecule has 3 rings (SSSR count). The maximum atomic E-state index is 12.4. The lowest BCUT2D eigenvalue weighted by atomic mass is 9.84. The van der Waals surface area contributed by atoms with E-state index in [1.54, 1.807) is 13.0 Å². The van der Waals surface area contributed by atoms with E-state index < -0.39 is 18.1 Å². The minimum atomic E-state index is -0.734. The molecular weight excluding hydrogens is 360 g/mol. The second-order valence-corrected chi connectivity index (χ2v) is 8.78. The highest BCUT2D eigenvalue weighted by molar-refractivity contribution is 6.39. The Kier molecular flexibility index (Phi) is 5.74. The normalized spacial score (nSPS) is 23.4. The van der Waals surface area contributed by atoms with Crippen molar-refractivity contribution in [2.45, 2.75) is 78.2 Å². The molecule has 4 N–H and O–H groups in total. The largest absolute Gasteiger partial charge is 0.345 e. The van der Waals surface area contributed by atoms with Gasteiger partial charge in [0.15, 0.2) is 6.29 Å². The molecule has 28 heavy (non-hydrogen) atoms. The molecule has 3 amide bonds. The summed E-state index contributed by atoms with van der Waals surface area (Å²) in [5.74, 6) is -1.11. The minimum absolute atomic E-state index is 0.0510. The molecule has 1 saturated carbocycles. The fraction of sp³-hybridized carbons (Fsp3) is 0.684. The summed E-state index contributed by atoms with van der Waals surface area (Å²) in [6.45, 7) is 7.97. The third kappa shape index (κ3) is 4.70. The lowest BCUT2D eigenvalue weighted by Gasteiger charge is -2.39. The van der Waals surface area contributed by atoms with Crippen LogP contribution in [-0.2, 0) is 14.4 Å². The van der Waals surface area contributed by atoms with Gasteiger partial charge in [0.25, 0.3) is 0 Å². The van der Waals surface area contributed by atoms with Gasteiger partial charge in [-0.05, 0) is 25.2 Å². The summed E-state index contributed by atoms with van der Waals surface area (Å²) in [5, 5.41) is 16.0. The summed E-state index contributed by atoms with van der Waals surface area (Å²) in [6.07, 6.45) is 3.71. The summed E-state index contributed by atoms with van der Waals surface area (Å²) in [4.78, 5) is 36.8. The van der Waals surface area contributed by atoms with Gasteiger partial charge in [-0.1, -0.05) is 33.6 Å². The number of nitrogens with zero attached hydrogens (tertiary/aromatic N) is 2. The van der Waals surface area contributed by atoms with Gasteiger partial charge >= 0.3 is 11.8 Å². The van der Waals surface area contributed by atoms with Crippen LogP contribution in [0.15, 0.2) is 6.07 Å². The van der Waals surface area contributed by atoms with E-state index >= 15 is 0 Å². The molecule has 0 aromatic carbocycles. The van der Waals surface area contributed by atoms with Gasteiger partial charge < -0.3 is 16.0 Å². The van der Waals surface area contributed by atoms with Gasteiger partial charge in [-0.25, -0.2) is 4.68 Å². The monoisotopic (exact) mass is 390 g/mol. The van der Waals surface area contributed by atoms with Gasteiger partial charge in [-0.2, -0.15) is 5.10 Å². The van der Waals surface area contributed by atoms with Crippen LogP contribution in [0.5, 0.6) is 0 Å². The average Bonchev–Trinajstić information content (AvgIpc) is 3.23. The van der Waals surface area contributed by atoms with Crippen LogP contribution in [0, 0.1) is 12.3 Å². The Balaban J connectivity index is 1.72. The van der Waals surface area contributed by atoms with E-state index in [0.717, 1.165) is 25.7 Å². The van der Waals surface area contributed by atoms with Crippen LogP contribution in [0.25, 0.3) is 0 Å². The zero-order valence-corrected chi connectivity index (χ0v) is 17.0. The summed E-state index contributed by atoms with van der Waals surface area (Å²) in [7, 11) is 0. The minimum Gasteiger partial charge on any atom is -0.345 e. The molecule has 0 radical (unpaired) electrons. The van der Waals surface area contributed by atoms with Crippen molar-refractivity contribution < 1.29 is 14.4 Å². The van der Waals surface area contributed by atoms with Crippen molar-refractivity contribution in [2.24, 2.45) is 5.41 Å². The number of carbonyl (C=O) groups excluding carboxylic acids is 3. The highest BCUT2D eigenvalue weighted by Gasteiger charge is 2.35. The predicted octanol–water partition coefficient (Wildman–Crippen LogP) is 1.17. The van der Waals surface area contributed by atoms with Crippen molar-refractivity contribution in [1.82, 2.24) is 25.7 Å². The molecule has 9 nitrogen and oxygen atoms in total. The molecule has 1 aromatic heterocycles. The maximum absolute atomic E-state index is 12.4. The lowest BCUT2D eigenvalue weighted by molar-refractivity contribution is -0.136. The van der Waals surface area contributed by atoms with Gasteiger partial charge in [0.05, 0.1) is 5.69 Å². The third-order valence-electron chi connectivity index (χ3n) is 5.33.